The van der Waals surface area contributed by atoms with Crippen molar-refractivity contribution in [3.8, 4) is 5.75 Å². The van der Waals surface area contributed by atoms with Gasteiger partial charge >= 0.3 is 11.4 Å². The molecule has 0 saturated carbocycles. The highest BCUT2D eigenvalue weighted by Gasteiger charge is 2.17. The highest BCUT2D eigenvalue weighted by Crippen LogP contribution is 2.25. The van der Waals surface area contributed by atoms with E-state index in [-0.39, 0.29) is 30.4 Å². The van der Waals surface area contributed by atoms with Gasteiger partial charge in [0.2, 0.25) is 5.95 Å². The molecule has 10 heteroatoms. The van der Waals surface area contributed by atoms with Gasteiger partial charge in [0.25, 0.3) is 0 Å². The Morgan fingerprint density at radius 1 is 1.20 bits per heavy atom. The van der Waals surface area contributed by atoms with E-state index in [2.05, 4.69) is 10.3 Å². The van der Waals surface area contributed by atoms with Crippen LogP contribution in [0.4, 0.5) is 16.0 Å². The summed E-state index contributed by atoms with van der Waals surface area (Å²) < 4.78 is 22.7. The van der Waals surface area contributed by atoms with Gasteiger partial charge in [-0.2, -0.15) is 4.98 Å². The van der Waals surface area contributed by atoms with Crippen molar-refractivity contribution in [1.29, 1.82) is 0 Å². The van der Waals surface area contributed by atoms with E-state index < -0.39 is 17.2 Å². The molecule has 0 aliphatic rings. The van der Waals surface area contributed by atoms with Gasteiger partial charge in [0.05, 0.1) is 17.0 Å². The summed E-state index contributed by atoms with van der Waals surface area (Å²) in [4.78, 5) is 30.3. The smallest absolute Gasteiger partial charge is 0.355 e. The molecule has 1 N–H and O–H groups in total. The maximum Gasteiger partial charge on any atom is 0.355 e. The SMILES string of the molecule is CC(C)Oc1ccc(Nc2nc(=O)n(C(C)C)c(=O)n2Cc2ccc(Cl)s2)cc1F. The Morgan fingerprint density at radius 2 is 1.93 bits per heavy atom. The van der Waals surface area contributed by atoms with Crippen molar-refractivity contribution in [3.63, 3.8) is 0 Å². The largest absolute Gasteiger partial charge is 0.488 e. The third-order valence-electron chi connectivity index (χ3n) is 4.11. The first kappa shape index (κ1) is 22.0. The lowest BCUT2D eigenvalue weighted by atomic mass is 10.3. The van der Waals surface area contributed by atoms with Crippen LogP contribution in [0.2, 0.25) is 4.34 Å². The molecule has 0 unspecified atom stereocenters. The van der Waals surface area contributed by atoms with Gasteiger partial charge in [-0.1, -0.05) is 11.6 Å². The first-order valence-corrected chi connectivity index (χ1v) is 10.6. The topological polar surface area (TPSA) is 78.2 Å². The highest BCUT2D eigenvalue weighted by atomic mass is 35.5. The Balaban J connectivity index is 2.04. The standard InChI is InChI=1S/C20H22ClFN4O3S/c1-11(2)26-19(27)24-18(25(20(26)28)10-14-6-8-17(21)30-14)23-13-5-7-16(15(22)9-13)29-12(3)4/h5-9,11-12H,10H2,1-4H3,(H,23,24,27). The molecule has 0 aliphatic carbocycles. The second kappa shape index (κ2) is 9.01. The average molecular weight is 453 g/mol. The van der Waals surface area contributed by atoms with Gasteiger partial charge in [-0.15, -0.1) is 11.3 Å². The van der Waals surface area contributed by atoms with E-state index in [4.69, 9.17) is 16.3 Å². The van der Waals surface area contributed by atoms with Crippen molar-refractivity contribution in [3.05, 3.63) is 66.3 Å². The lowest BCUT2D eigenvalue weighted by Gasteiger charge is -2.17. The second-order valence-corrected chi connectivity index (χ2v) is 8.99. The third-order valence-corrected chi connectivity index (χ3v) is 5.33. The van der Waals surface area contributed by atoms with E-state index in [1.54, 1.807) is 45.9 Å². The molecular weight excluding hydrogens is 431 g/mol. The summed E-state index contributed by atoms with van der Waals surface area (Å²) in [6.45, 7) is 7.22. The number of nitrogens with one attached hydrogen (secondary N) is 1. The molecule has 0 spiro atoms. The van der Waals surface area contributed by atoms with Crippen LogP contribution in [-0.2, 0) is 6.54 Å². The van der Waals surface area contributed by atoms with Crippen molar-refractivity contribution in [2.24, 2.45) is 0 Å². The zero-order chi connectivity index (χ0) is 22.0. The first-order valence-electron chi connectivity index (χ1n) is 9.36. The molecule has 0 fully saturated rings. The zero-order valence-electron chi connectivity index (χ0n) is 17.0. The van der Waals surface area contributed by atoms with Gasteiger partial charge in [-0.05, 0) is 52.0 Å². The van der Waals surface area contributed by atoms with Gasteiger partial charge < -0.3 is 10.1 Å². The predicted octanol–water partition coefficient (Wildman–Crippen LogP) is 4.42. The fourth-order valence-electron chi connectivity index (χ4n) is 2.84. The number of aromatic nitrogens is 3. The molecule has 0 saturated heterocycles. The Hall–Kier alpha value is -2.65. The molecule has 0 bridgehead atoms. The minimum absolute atomic E-state index is 0.0170. The number of benzene rings is 1. The quantitative estimate of drug-likeness (QED) is 0.574. The van der Waals surface area contributed by atoms with E-state index in [1.165, 1.54) is 28.0 Å². The average Bonchev–Trinajstić information content (AvgIpc) is 3.05. The fourth-order valence-corrected chi connectivity index (χ4v) is 3.91. The van der Waals surface area contributed by atoms with Gasteiger partial charge in [0.1, 0.15) is 0 Å². The van der Waals surface area contributed by atoms with Crippen LogP contribution >= 0.6 is 22.9 Å². The predicted molar refractivity (Wildman–Crippen MR) is 117 cm³/mol. The Kier molecular flexibility index (Phi) is 6.62. The van der Waals surface area contributed by atoms with E-state index in [0.29, 0.717) is 10.0 Å². The molecule has 2 aromatic heterocycles. The van der Waals surface area contributed by atoms with E-state index in [9.17, 15) is 14.0 Å². The molecular formula is C20H22ClFN4O3S. The van der Waals surface area contributed by atoms with Crippen LogP contribution in [0.15, 0.2) is 39.9 Å². The number of anilines is 2. The van der Waals surface area contributed by atoms with E-state index in [1.807, 2.05) is 0 Å². The summed E-state index contributed by atoms with van der Waals surface area (Å²) in [5.41, 5.74) is -0.870. The molecule has 0 atom stereocenters. The lowest BCUT2D eigenvalue weighted by Crippen LogP contribution is -2.43. The lowest BCUT2D eigenvalue weighted by molar-refractivity contribution is 0.231. The molecule has 0 radical (unpaired) electrons. The van der Waals surface area contributed by atoms with Crippen LogP contribution in [-0.4, -0.2) is 20.2 Å². The molecule has 1 aromatic carbocycles. The number of hydrogen-bond donors (Lipinski definition) is 1. The Labute approximate surface area is 181 Å². The third kappa shape index (κ3) is 4.91. The van der Waals surface area contributed by atoms with Crippen LogP contribution in [0, 0.1) is 5.82 Å². The maximum atomic E-state index is 14.4. The molecule has 3 aromatic rings. The minimum atomic E-state index is -0.682. The van der Waals surface area contributed by atoms with Crippen molar-refractivity contribution in [1.82, 2.24) is 14.1 Å². The maximum absolute atomic E-state index is 14.4. The van der Waals surface area contributed by atoms with Crippen LogP contribution in [0.3, 0.4) is 0 Å². The summed E-state index contributed by atoms with van der Waals surface area (Å²) in [5, 5.41) is 2.88. The monoisotopic (exact) mass is 452 g/mol. The van der Waals surface area contributed by atoms with Crippen LogP contribution in [0.1, 0.15) is 38.6 Å². The fraction of sp³-hybridized carbons (Fsp3) is 0.350. The summed E-state index contributed by atoms with van der Waals surface area (Å²) in [7, 11) is 0. The number of ether oxygens (including phenoxy) is 1. The van der Waals surface area contributed by atoms with Crippen LogP contribution in [0.25, 0.3) is 0 Å². The number of thiophene rings is 1. The number of hydrogen-bond acceptors (Lipinski definition) is 6. The molecule has 160 valence electrons. The Morgan fingerprint density at radius 3 is 2.50 bits per heavy atom. The number of rotatable bonds is 7. The molecule has 2 heterocycles. The summed E-state index contributed by atoms with van der Waals surface area (Å²) >= 11 is 7.32. The molecule has 30 heavy (non-hydrogen) atoms. The van der Waals surface area contributed by atoms with Gasteiger partial charge in [-0.3, -0.25) is 4.57 Å². The number of halogens is 2. The summed E-state index contributed by atoms with van der Waals surface area (Å²) in [5.74, 6) is -0.434. The summed E-state index contributed by atoms with van der Waals surface area (Å²) in [6.07, 6.45) is -0.175. The summed E-state index contributed by atoms with van der Waals surface area (Å²) in [6, 6.07) is 7.46. The minimum Gasteiger partial charge on any atom is -0.488 e. The van der Waals surface area contributed by atoms with Gasteiger partial charge in [-0.25, -0.2) is 18.5 Å². The van der Waals surface area contributed by atoms with Crippen molar-refractivity contribution in [2.75, 3.05) is 5.32 Å². The molecule has 0 aliphatic heterocycles. The van der Waals surface area contributed by atoms with Gasteiger partial charge in [0, 0.05) is 22.7 Å². The first-order chi connectivity index (χ1) is 14.2. The second-order valence-electron chi connectivity index (χ2n) is 7.19. The number of nitrogens with zero attached hydrogens (tertiary/aromatic N) is 3. The normalized spacial score (nSPS) is 11.3. The van der Waals surface area contributed by atoms with Gasteiger partial charge in [0.15, 0.2) is 11.6 Å². The molecule has 0 amide bonds. The highest BCUT2D eigenvalue weighted by molar-refractivity contribution is 7.16. The van der Waals surface area contributed by atoms with E-state index >= 15 is 0 Å². The molecule has 3 rings (SSSR count). The van der Waals surface area contributed by atoms with Crippen molar-refractivity contribution in [2.45, 2.75) is 46.4 Å². The van der Waals surface area contributed by atoms with E-state index in [0.717, 1.165) is 9.44 Å². The van der Waals surface area contributed by atoms with Crippen LogP contribution in [0.5, 0.6) is 5.75 Å². The van der Waals surface area contributed by atoms with Crippen molar-refractivity contribution >= 4 is 34.6 Å². The Bertz CT molecular complexity index is 1170. The zero-order valence-corrected chi connectivity index (χ0v) is 18.6. The van der Waals surface area contributed by atoms with Crippen LogP contribution < -0.4 is 21.4 Å². The van der Waals surface area contributed by atoms with Crippen molar-refractivity contribution < 1.29 is 9.13 Å². The molecule has 7 nitrogen and oxygen atoms in total.